The summed E-state index contributed by atoms with van der Waals surface area (Å²) in [6.07, 6.45) is 42.7. The molecule has 0 aliphatic rings. The summed E-state index contributed by atoms with van der Waals surface area (Å²) < 4.78 is 64.2. The van der Waals surface area contributed by atoms with Crippen LogP contribution in [0.15, 0.2) is 88.7 Å². The summed E-state index contributed by atoms with van der Waals surface area (Å²) in [6, 6.07) is 24.0. The van der Waals surface area contributed by atoms with E-state index in [9.17, 15) is 21.4 Å². The third kappa shape index (κ3) is 26.0. The van der Waals surface area contributed by atoms with E-state index in [1.165, 1.54) is 173 Å². The number of hydrogen-bond donors (Lipinski definition) is 1. The molecule has 0 amide bonds. The zero-order valence-electron chi connectivity index (χ0n) is 41.4. The molecule has 65 heavy (non-hydrogen) atoms. The summed E-state index contributed by atoms with van der Waals surface area (Å²) in [7, 11) is -7.94. The summed E-state index contributed by atoms with van der Waals surface area (Å²) in [5, 5.41) is 3.10. The molecule has 4 aromatic carbocycles. The largest absolute Gasteiger partial charge is 0.297 e. The van der Waals surface area contributed by atoms with Crippen LogP contribution in [0.25, 0.3) is 21.5 Å². The van der Waals surface area contributed by atoms with E-state index in [0.29, 0.717) is 11.8 Å². The minimum atomic E-state index is -4.23. The number of unbranched alkanes of at least 4 members (excludes halogenated alkanes) is 30. The summed E-state index contributed by atoms with van der Waals surface area (Å²) in [5.41, 5.74) is 0.733. The quantitative estimate of drug-likeness (QED) is 0.0209. The number of rotatable bonds is 37. The summed E-state index contributed by atoms with van der Waals surface area (Å²) in [6.45, 7) is 4.81. The van der Waals surface area contributed by atoms with Crippen LogP contribution >= 0.6 is 0 Å². The molecule has 1 radical (unpaired) electrons. The second kappa shape index (κ2) is 37.2. The van der Waals surface area contributed by atoms with Gasteiger partial charge < -0.3 is 0 Å². The van der Waals surface area contributed by atoms with Crippen LogP contribution in [0.1, 0.15) is 225 Å². The first kappa shape index (κ1) is 59.3. The van der Waals surface area contributed by atoms with Gasteiger partial charge in [0.2, 0.25) is 0 Å². The van der Waals surface area contributed by atoms with Gasteiger partial charge in [-0.15, -0.1) is 0 Å². The van der Waals surface area contributed by atoms with E-state index in [0.717, 1.165) is 53.8 Å². The van der Waals surface area contributed by atoms with Gasteiger partial charge in [-0.3, -0.25) is 8.74 Å². The van der Waals surface area contributed by atoms with Gasteiger partial charge in [0, 0.05) is 40.3 Å². The van der Waals surface area contributed by atoms with E-state index in [-0.39, 0.29) is 46.0 Å². The van der Waals surface area contributed by atoms with Crippen LogP contribution in [0.2, 0.25) is 0 Å². The molecule has 0 spiro atoms. The summed E-state index contributed by atoms with van der Waals surface area (Å²) in [5.74, 6) is 0. The Hall–Kier alpha value is -1.78. The molecule has 0 unspecified atom stereocenters. The average Bonchev–Trinajstić information content (AvgIpc) is 3.29. The number of hydrogen-bond acceptors (Lipinski definition) is 5. The standard InChI is InChI=1S/2C28H44O3S.Na/c1-2-3-4-5-6-7-8-9-10-11-12-13-14-15-16-19-25-31-32(29,30)28-24-20-22-26-21-17-18-23-27(26)28;1-2-3-4-5-6-7-8-9-10-11-12-13-14-15-16-17-21-26-24-23-25-20-18-19-22-27(25)28(26)32(29,30)31;/h17-18,20-24H,2-16,19,25H2,1H3;18-20,22-24H,2-17,21H2,1H3,(H,29,30,31);. The van der Waals surface area contributed by atoms with Crippen molar-refractivity contribution in [3.05, 3.63) is 84.4 Å². The Balaban J connectivity index is 0.000000440. The first-order chi connectivity index (χ1) is 31.2. The summed E-state index contributed by atoms with van der Waals surface area (Å²) in [4.78, 5) is 0.364. The van der Waals surface area contributed by atoms with E-state index in [1.54, 1.807) is 18.2 Å². The average molecular weight is 944 g/mol. The molecule has 0 aliphatic carbocycles. The van der Waals surface area contributed by atoms with Gasteiger partial charge in [0.15, 0.2) is 0 Å². The Morgan fingerprint density at radius 3 is 1.18 bits per heavy atom. The van der Waals surface area contributed by atoms with E-state index < -0.39 is 20.2 Å². The van der Waals surface area contributed by atoms with Crippen LogP contribution in [0.4, 0.5) is 0 Å². The molecular formula is C56H88NaO6S2. The van der Waals surface area contributed by atoms with Gasteiger partial charge in [0.25, 0.3) is 20.2 Å². The van der Waals surface area contributed by atoms with E-state index in [2.05, 4.69) is 13.8 Å². The minimum Gasteiger partial charge on any atom is -0.282 e. The molecule has 361 valence electrons. The second-order valence-corrected chi connectivity index (χ2v) is 21.3. The topological polar surface area (TPSA) is 97.7 Å². The van der Waals surface area contributed by atoms with Crippen molar-refractivity contribution in [2.75, 3.05) is 6.61 Å². The maximum atomic E-state index is 12.6. The molecule has 6 nitrogen and oxygen atoms in total. The maximum absolute atomic E-state index is 12.6. The Labute approximate surface area is 420 Å². The summed E-state index contributed by atoms with van der Waals surface area (Å²) >= 11 is 0. The molecule has 0 saturated carbocycles. The molecular weight excluding hydrogens is 856 g/mol. The smallest absolute Gasteiger partial charge is 0.282 e. The van der Waals surface area contributed by atoms with E-state index in [1.807, 2.05) is 60.7 Å². The van der Waals surface area contributed by atoms with Gasteiger partial charge in [0.05, 0.1) is 6.61 Å². The normalized spacial score (nSPS) is 11.7. The van der Waals surface area contributed by atoms with Crippen LogP contribution in [0, 0.1) is 0 Å². The molecule has 0 aromatic heterocycles. The Bertz CT molecular complexity index is 2010. The Kier molecular flexibility index (Phi) is 33.9. The Morgan fingerprint density at radius 1 is 0.400 bits per heavy atom. The zero-order valence-corrected chi connectivity index (χ0v) is 45.0. The molecule has 0 bridgehead atoms. The molecule has 0 atom stereocenters. The molecule has 0 saturated heterocycles. The number of aryl methyl sites for hydroxylation is 1. The molecule has 0 aliphatic heterocycles. The molecule has 9 heteroatoms. The van der Waals surface area contributed by atoms with Gasteiger partial charge >= 0.3 is 0 Å². The molecule has 4 aromatic rings. The third-order valence-corrected chi connectivity index (χ3v) is 15.1. The van der Waals surface area contributed by atoms with Crippen molar-refractivity contribution in [2.45, 2.75) is 236 Å². The monoisotopic (exact) mass is 944 g/mol. The van der Waals surface area contributed by atoms with Crippen molar-refractivity contribution >= 4 is 71.3 Å². The first-order valence-electron chi connectivity index (χ1n) is 26.0. The zero-order chi connectivity index (χ0) is 46.0. The van der Waals surface area contributed by atoms with Gasteiger partial charge in [-0.1, -0.05) is 279 Å². The maximum Gasteiger partial charge on any atom is 0.297 e. The van der Waals surface area contributed by atoms with Crippen LogP contribution in [0.3, 0.4) is 0 Å². The number of fused-ring (bicyclic) bond motifs is 2. The van der Waals surface area contributed by atoms with Gasteiger partial charge in [0.1, 0.15) is 9.79 Å². The van der Waals surface area contributed by atoms with Crippen LogP contribution in [-0.4, -0.2) is 57.6 Å². The van der Waals surface area contributed by atoms with Crippen LogP contribution in [0.5, 0.6) is 0 Å². The molecule has 0 heterocycles. The second-order valence-electron chi connectivity index (χ2n) is 18.4. The van der Waals surface area contributed by atoms with Crippen molar-refractivity contribution < 1.29 is 25.6 Å². The molecule has 0 fully saturated rings. The van der Waals surface area contributed by atoms with Crippen LogP contribution in [-0.2, 0) is 30.8 Å². The van der Waals surface area contributed by atoms with E-state index >= 15 is 0 Å². The van der Waals surface area contributed by atoms with Crippen molar-refractivity contribution in [3.63, 3.8) is 0 Å². The number of benzene rings is 4. The first-order valence-corrected chi connectivity index (χ1v) is 28.9. The SMILES string of the molecule is CCCCCCCCCCCCCCCCCCOS(=O)(=O)c1cccc2ccccc12.CCCCCCCCCCCCCCCCCCc1ccc2ccccc2c1S(=O)(=O)O.[Na]. The Morgan fingerprint density at radius 2 is 0.754 bits per heavy atom. The van der Waals surface area contributed by atoms with Gasteiger partial charge in [-0.2, -0.15) is 16.8 Å². The third-order valence-electron chi connectivity index (χ3n) is 12.8. The van der Waals surface area contributed by atoms with Crippen molar-refractivity contribution in [1.29, 1.82) is 0 Å². The molecule has 1 N–H and O–H groups in total. The molecule has 4 rings (SSSR count). The van der Waals surface area contributed by atoms with Crippen LogP contribution < -0.4 is 0 Å². The van der Waals surface area contributed by atoms with Gasteiger partial charge in [-0.25, -0.2) is 0 Å². The van der Waals surface area contributed by atoms with Crippen molar-refractivity contribution in [1.82, 2.24) is 0 Å². The van der Waals surface area contributed by atoms with Crippen molar-refractivity contribution in [3.8, 4) is 0 Å². The fourth-order valence-electron chi connectivity index (χ4n) is 8.95. The predicted octanol–water partition coefficient (Wildman–Crippen LogP) is 17.3. The fraction of sp³-hybridized carbons (Fsp3) is 0.643. The minimum absolute atomic E-state index is 0. The fourth-order valence-corrected chi connectivity index (χ4v) is 11.1. The van der Waals surface area contributed by atoms with Gasteiger partial charge in [-0.05, 0) is 41.7 Å². The van der Waals surface area contributed by atoms with E-state index in [4.69, 9.17) is 4.18 Å². The predicted molar refractivity (Wildman–Crippen MR) is 279 cm³/mol. The van der Waals surface area contributed by atoms with Crippen molar-refractivity contribution in [2.24, 2.45) is 0 Å².